The van der Waals surface area contributed by atoms with Crippen LogP contribution in [0.15, 0.2) is 12.1 Å². The molecule has 0 unspecified atom stereocenters. The van der Waals surface area contributed by atoms with Gasteiger partial charge in [0.2, 0.25) is 0 Å². The van der Waals surface area contributed by atoms with E-state index in [0.29, 0.717) is 11.9 Å². The van der Waals surface area contributed by atoms with Crippen LogP contribution in [-0.4, -0.2) is 22.1 Å². The molecule has 74 valence electrons. The molecular formula is C10H12N2O2. The second-order valence-electron chi connectivity index (χ2n) is 3.57. The van der Waals surface area contributed by atoms with Gasteiger partial charge in [-0.2, -0.15) is 0 Å². The molecule has 1 aliphatic carbocycles. The van der Waals surface area contributed by atoms with Gasteiger partial charge >= 0.3 is 5.97 Å². The molecule has 0 saturated heterocycles. The van der Waals surface area contributed by atoms with Crippen LogP contribution in [0.1, 0.15) is 28.9 Å². The first-order valence-corrected chi connectivity index (χ1v) is 4.64. The number of aryl methyl sites for hydroxylation is 1. The molecule has 0 aliphatic heterocycles. The van der Waals surface area contributed by atoms with Crippen LogP contribution >= 0.6 is 0 Å². The molecule has 1 aromatic rings. The van der Waals surface area contributed by atoms with Gasteiger partial charge in [0.15, 0.2) is 0 Å². The van der Waals surface area contributed by atoms with Crippen LogP contribution in [0.25, 0.3) is 0 Å². The van der Waals surface area contributed by atoms with Gasteiger partial charge in [-0.15, -0.1) is 0 Å². The van der Waals surface area contributed by atoms with Crippen LogP contribution in [-0.2, 0) is 0 Å². The van der Waals surface area contributed by atoms with E-state index >= 15 is 0 Å². The van der Waals surface area contributed by atoms with Crippen molar-refractivity contribution < 1.29 is 9.90 Å². The SMILES string of the molecule is Cc1ccc(C(=O)O)c(NC2CC2)n1. The summed E-state index contributed by atoms with van der Waals surface area (Å²) in [6, 6.07) is 3.72. The number of carboxylic acids is 1. The minimum atomic E-state index is -0.930. The number of anilines is 1. The summed E-state index contributed by atoms with van der Waals surface area (Å²) in [5, 5.41) is 12.0. The highest BCUT2D eigenvalue weighted by molar-refractivity contribution is 5.93. The Hall–Kier alpha value is -1.58. The summed E-state index contributed by atoms with van der Waals surface area (Å²) < 4.78 is 0. The first-order chi connectivity index (χ1) is 6.66. The van der Waals surface area contributed by atoms with Crippen LogP contribution in [0.2, 0.25) is 0 Å². The lowest BCUT2D eigenvalue weighted by Crippen LogP contribution is -2.10. The van der Waals surface area contributed by atoms with Gasteiger partial charge in [-0.05, 0) is 31.9 Å². The lowest BCUT2D eigenvalue weighted by atomic mass is 10.2. The van der Waals surface area contributed by atoms with E-state index in [1.807, 2.05) is 6.92 Å². The highest BCUT2D eigenvalue weighted by atomic mass is 16.4. The predicted octanol–water partition coefficient (Wildman–Crippen LogP) is 1.66. The molecule has 0 amide bonds. The topological polar surface area (TPSA) is 62.2 Å². The Bertz CT molecular complexity index is 372. The number of pyridine rings is 1. The molecule has 2 rings (SSSR count). The zero-order valence-corrected chi connectivity index (χ0v) is 7.95. The summed E-state index contributed by atoms with van der Waals surface area (Å²) in [6.07, 6.45) is 2.21. The van der Waals surface area contributed by atoms with Crippen molar-refractivity contribution >= 4 is 11.8 Å². The third-order valence-corrected chi connectivity index (χ3v) is 2.18. The number of carbonyl (C=O) groups is 1. The van der Waals surface area contributed by atoms with Crippen molar-refractivity contribution in [1.29, 1.82) is 0 Å². The molecular weight excluding hydrogens is 180 g/mol. The molecule has 0 radical (unpaired) electrons. The maximum atomic E-state index is 10.9. The Morgan fingerprint density at radius 3 is 2.86 bits per heavy atom. The van der Waals surface area contributed by atoms with E-state index < -0.39 is 5.97 Å². The second-order valence-corrected chi connectivity index (χ2v) is 3.57. The Morgan fingerprint density at radius 2 is 2.29 bits per heavy atom. The molecule has 0 spiro atoms. The predicted molar refractivity (Wildman–Crippen MR) is 52.6 cm³/mol. The van der Waals surface area contributed by atoms with Crippen LogP contribution in [0.3, 0.4) is 0 Å². The molecule has 4 heteroatoms. The van der Waals surface area contributed by atoms with E-state index in [1.165, 1.54) is 0 Å². The van der Waals surface area contributed by atoms with E-state index in [0.717, 1.165) is 18.5 Å². The Balaban J connectivity index is 2.31. The zero-order chi connectivity index (χ0) is 10.1. The number of hydrogen-bond donors (Lipinski definition) is 2. The third-order valence-electron chi connectivity index (χ3n) is 2.18. The minimum Gasteiger partial charge on any atom is -0.478 e. The van der Waals surface area contributed by atoms with Gasteiger partial charge < -0.3 is 10.4 Å². The summed E-state index contributed by atoms with van der Waals surface area (Å²) in [4.78, 5) is 15.0. The van der Waals surface area contributed by atoms with Crippen molar-refractivity contribution in [1.82, 2.24) is 4.98 Å². The highest BCUT2D eigenvalue weighted by Gasteiger charge is 2.23. The fraction of sp³-hybridized carbons (Fsp3) is 0.400. The average molecular weight is 192 g/mol. The molecule has 4 nitrogen and oxygen atoms in total. The fourth-order valence-electron chi connectivity index (χ4n) is 1.26. The van der Waals surface area contributed by atoms with Gasteiger partial charge in [0.1, 0.15) is 11.4 Å². The average Bonchev–Trinajstić information content (AvgIpc) is 2.87. The Morgan fingerprint density at radius 1 is 1.57 bits per heavy atom. The maximum Gasteiger partial charge on any atom is 0.339 e. The molecule has 1 aromatic heterocycles. The van der Waals surface area contributed by atoms with Crippen molar-refractivity contribution in [3.63, 3.8) is 0 Å². The first-order valence-electron chi connectivity index (χ1n) is 4.64. The molecule has 0 bridgehead atoms. The van der Waals surface area contributed by atoms with Gasteiger partial charge in [0.05, 0.1) is 0 Å². The number of aromatic nitrogens is 1. The van der Waals surface area contributed by atoms with Crippen LogP contribution < -0.4 is 5.32 Å². The summed E-state index contributed by atoms with van der Waals surface area (Å²) in [7, 11) is 0. The summed E-state index contributed by atoms with van der Waals surface area (Å²) >= 11 is 0. The first kappa shape index (κ1) is 8.99. The number of nitrogens with zero attached hydrogens (tertiary/aromatic N) is 1. The van der Waals surface area contributed by atoms with Crippen molar-refractivity contribution in [3.05, 3.63) is 23.4 Å². The summed E-state index contributed by atoms with van der Waals surface area (Å²) in [5.74, 6) is -0.430. The number of aromatic carboxylic acids is 1. The van der Waals surface area contributed by atoms with E-state index in [2.05, 4.69) is 10.3 Å². The summed E-state index contributed by atoms with van der Waals surface area (Å²) in [5.41, 5.74) is 1.08. The number of nitrogens with one attached hydrogen (secondary N) is 1. The highest BCUT2D eigenvalue weighted by Crippen LogP contribution is 2.25. The van der Waals surface area contributed by atoms with Gasteiger partial charge in [-0.1, -0.05) is 0 Å². The molecule has 0 aromatic carbocycles. The van der Waals surface area contributed by atoms with E-state index in [9.17, 15) is 4.79 Å². The molecule has 0 atom stereocenters. The number of carboxylic acid groups (broad SMARTS) is 1. The van der Waals surface area contributed by atoms with Gasteiger partial charge in [0.25, 0.3) is 0 Å². The van der Waals surface area contributed by atoms with Crippen LogP contribution in [0, 0.1) is 6.92 Å². The second kappa shape index (κ2) is 3.29. The number of rotatable bonds is 3. The molecule has 1 heterocycles. The number of hydrogen-bond acceptors (Lipinski definition) is 3. The maximum absolute atomic E-state index is 10.9. The lowest BCUT2D eigenvalue weighted by molar-refractivity contribution is 0.0697. The molecule has 2 N–H and O–H groups in total. The lowest BCUT2D eigenvalue weighted by Gasteiger charge is -2.07. The molecule has 14 heavy (non-hydrogen) atoms. The van der Waals surface area contributed by atoms with Crippen molar-refractivity contribution in [2.75, 3.05) is 5.32 Å². The third kappa shape index (κ3) is 1.84. The standard InChI is InChI=1S/C10H12N2O2/c1-6-2-5-8(10(13)14)9(11-6)12-7-3-4-7/h2,5,7H,3-4H2,1H3,(H,11,12)(H,13,14). The quantitative estimate of drug-likeness (QED) is 0.764. The summed E-state index contributed by atoms with van der Waals surface area (Å²) in [6.45, 7) is 1.85. The van der Waals surface area contributed by atoms with Crippen LogP contribution in [0.4, 0.5) is 5.82 Å². The monoisotopic (exact) mass is 192 g/mol. The van der Waals surface area contributed by atoms with Crippen LogP contribution in [0.5, 0.6) is 0 Å². The Labute approximate surface area is 82.0 Å². The van der Waals surface area contributed by atoms with Crippen molar-refractivity contribution in [2.24, 2.45) is 0 Å². The molecule has 1 saturated carbocycles. The normalized spacial score (nSPS) is 15.2. The smallest absolute Gasteiger partial charge is 0.339 e. The molecule has 1 fully saturated rings. The zero-order valence-electron chi connectivity index (χ0n) is 7.95. The van der Waals surface area contributed by atoms with Gasteiger partial charge in [-0.3, -0.25) is 0 Å². The largest absolute Gasteiger partial charge is 0.478 e. The molecule has 1 aliphatic rings. The van der Waals surface area contributed by atoms with E-state index in [-0.39, 0.29) is 5.56 Å². The van der Waals surface area contributed by atoms with E-state index in [4.69, 9.17) is 5.11 Å². The van der Waals surface area contributed by atoms with Crippen molar-refractivity contribution in [2.45, 2.75) is 25.8 Å². The van der Waals surface area contributed by atoms with E-state index in [1.54, 1.807) is 12.1 Å². The van der Waals surface area contributed by atoms with Gasteiger partial charge in [-0.25, -0.2) is 9.78 Å². The minimum absolute atomic E-state index is 0.252. The fourth-order valence-corrected chi connectivity index (χ4v) is 1.26. The Kier molecular flexibility index (Phi) is 2.11. The van der Waals surface area contributed by atoms with Crippen molar-refractivity contribution in [3.8, 4) is 0 Å². The van der Waals surface area contributed by atoms with Gasteiger partial charge in [0, 0.05) is 11.7 Å².